The van der Waals surface area contributed by atoms with E-state index in [9.17, 15) is 0 Å². The fourth-order valence-electron chi connectivity index (χ4n) is 3.16. The van der Waals surface area contributed by atoms with Gasteiger partial charge in [0, 0.05) is 31.9 Å². The molecule has 1 aliphatic heterocycles. The van der Waals surface area contributed by atoms with Crippen LogP contribution in [0.1, 0.15) is 25.1 Å². The smallest absolute Gasteiger partial charge is 0.132 e. The molecule has 20 heavy (non-hydrogen) atoms. The molecule has 0 amide bonds. The molecule has 112 valence electrons. The highest BCUT2D eigenvalue weighted by Crippen LogP contribution is 2.27. The Morgan fingerprint density at radius 1 is 1.45 bits per heavy atom. The van der Waals surface area contributed by atoms with Crippen LogP contribution < -0.4 is 4.90 Å². The van der Waals surface area contributed by atoms with E-state index in [1.54, 1.807) is 0 Å². The van der Waals surface area contributed by atoms with Crippen molar-refractivity contribution in [3.05, 3.63) is 18.1 Å². The standard InChI is InChI=1S/C15H26N4O/c1-12-16-8-6-15(17-12)19-9-7-14(18(2)3)13(11-19)5-4-10-20/h6,8,13-14,20H,4-5,7,9-11H2,1-3H3/t13-,14+/m0/s1. The first kappa shape index (κ1) is 15.2. The average molecular weight is 278 g/mol. The van der Waals surface area contributed by atoms with Crippen LogP contribution in [0.2, 0.25) is 0 Å². The first-order valence-corrected chi connectivity index (χ1v) is 7.43. The van der Waals surface area contributed by atoms with Crippen molar-refractivity contribution < 1.29 is 5.11 Å². The number of aromatic nitrogens is 2. The lowest BCUT2D eigenvalue weighted by atomic mass is 9.87. The van der Waals surface area contributed by atoms with Crippen molar-refractivity contribution in [3.8, 4) is 0 Å². The lowest BCUT2D eigenvalue weighted by molar-refractivity contribution is 0.161. The number of aliphatic hydroxyl groups excluding tert-OH is 1. The van der Waals surface area contributed by atoms with Gasteiger partial charge in [0.1, 0.15) is 11.6 Å². The van der Waals surface area contributed by atoms with E-state index in [0.29, 0.717) is 12.0 Å². The zero-order chi connectivity index (χ0) is 14.5. The van der Waals surface area contributed by atoms with Gasteiger partial charge >= 0.3 is 0 Å². The highest BCUT2D eigenvalue weighted by atomic mass is 16.2. The van der Waals surface area contributed by atoms with E-state index in [2.05, 4.69) is 33.9 Å². The van der Waals surface area contributed by atoms with Gasteiger partial charge in [0.05, 0.1) is 0 Å². The third-order valence-electron chi connectivity index (χ3n) is 4.18. The van der Waals surface area contributed by atoms with Gasteiger partial charge in [-0.05, 0) is 52.3 Å². The summed E-state index contributed by atoms with van der Waals surface area (Å²) >= 11 is 0. The van der Waals surface area contributed by atoms with Crippen molar-refractivity contribution in [1.29, 1.82) is 0 Å². The first-order chi connectivity index (χ1) is 9.61. The van der Waals surface area contributed by atoms with Crippen molar-refractivity contribution in [1.82, 2.24) is 14.9 Å². The molecule has 2 rings (SSSR count). The third kappa shape index (κ3) is 3.67. The molecule has 0 aliphatic carbocycles. The number of rotatable bonds is 5. The number of nitrogens with zero attached hydrogens (tertiary/aromatic N) is 4. The number of hydrogen-bond acceptors (Lipinski definition) is 5. The normalized spacial score (nSPS) is 23.4. The Labute approximate surface area is 121 Å². The van der Waals surface area contributed by atoms with E-state index in [-0.39, 0.29) is 6.61 Å². The Bertz CT molecular complexity index is 424. The number of anilines is 1. The largest absolute Gasteiger partial charge is 0.396 e. The quantitative estimate of drug-likeness (QED) is 0.880. The maximum absolute atomic E-state index is 9.09. The highest BCUT2D eigenvalue weighted by molar-refractivity contribution is 5.38. The third-order valence-corrected chi connectivity index (χ3v) is 4.18. The number of aliphatic hydroxyl groups is 1. The second-order valence-electron chi connectivity index (χ2n) is 5.85. The summed E-state index contributed by atoms with van der Waals surface area (Å²) in [4.78, 5) is 13.4. The first-order valence-electron chi connectivity index (χ1n) is 7.43. The molecular weight excluding hydrogens is 252 g/mol. The average Bonchev–Trinajstić information content (AvgIpc) is 2.44. The topological polar surface area (TPSA) is 52.5 Å². The predicted molar refractivity (Wildman–Crippen MR) is 80.9 cm³/mol. The molecule has 0 aromatic carbocycles. The van der Waals surface area contributed by atoms with Gasteiger partial charge in [0.25, 0.3) is 0 Å². The lowest BCUT2D eigenvalue weighted by Crippen LogP contribution is -2.49. The van der Waals surface area contributed by atoms with Gasteiger partial charge in [-0.25, -0.2) is 9.97 Å². The Kier molecular flexibility index (Phi) is 5.31. The van der Waals surface area contributed by atoms with Crippen LogP contribution in [0.15, 0.2) is 12.3 Å². The second kappa shape index (κ2) is 6.99. The van der Waals surface area contributed by atoms with Gasteiger partial charge < -0.3 is 14.9 Å². The number of piperidine rings is 1. The monoisotopic (exact) mass is 278 g/mol. The van der Waals surface area contributed by atoms with E-state index >= 15 is 0 Å². The van der Waals surface area contributed by atoms with Gasteiger partial charge in [-0.15, -0.1) is 0 Å². The van der Waals surface area contributed by atoms with Gasteiger partial charge in [0.15, 0.2) is 0 Å². The molecular formula is C15H26N4O. The van der Waals surface area contributed by atoms with E-state index in [0.717, 1.165) is 44.0 Å². The summed E-state index contributed by atoms with van der Waals surface area (Å²) < 4.78 is 0. The van der Waals surface area contributed by atoms with E-state index in [1.165, 1.54) is 0 Å². The fourth-order valence-corrected chi connectivity index (χ4v) is 3.16. The Morgan fingerprint density at radius 2 is 2.25 bits per heavy atom. The fraction of sp³-hybridized carbons (Fsp3) is 0.733. The Hall–Kier alpha value is -1.20. The summed E-state index contributed by atoms with van der Waals surface area (Å²) in [5, 5.41) is 9.09. The molecule has 0 radical (unpaired) electrons. The van der Waals surface area contributed by atoms with Crippen LogP contribution in [0.25, 0.3) is 0 Å². The molecule has 1 fully saturated rings. The van der Waals surface area contributed by atoms with Crippen LogP contribution in [0.3, 0.4) is 0 Å². The highest BCUT2D eigenvalue weighted by Gasteiger charge is 2.30. The Balaban J connectivity index is 2.07. The summed E-state index contributed by atoms with van der Waals surface area (Å²) in [5.74, 6) is 2.44. The molecule has 0 saturated carbocycles. The maximum atomic E-state index is 9.09. The van der Waals surface area contributed by atoms with Crippen molar-refractivity contribution in [3.63, 3.8) is 0 Å². The molecule has 0 unspecified atom stereocenters. The zero-order valence-electron chi connectivity index (χ0n) is 12.8. The molecule has 2 heterocycles. The van der Waals surface area contributed by atoms with Crippen molar-refractivity contribution >= 4 is 5.82 Å². The van der Waals surface area contributed by atoms with Gasteiger partial charge in [-0.1, -0.05) is 0 Å². The second-order valence-corrected chi connectivity index (χ2v) is 5.85. The Morgan fingerprint density at radius 3 is 2.90 bits per heavy atom. The lowest BCUT2D eigenvalue weighted by Gasteiger charge is -2.42. The predicted octanol–water partition coefficient (Wildman–Crippen LogP) is 1.31. The molecule has 5 heteroatoms. The van der Waals surface area contributed by atoms with Gasteiger partial charge in [-0.3, -0.25) is 0 Å². The zero-order valence-corrected chi connectivity index (χ0v) is 12.8. The summed E-state index contributed by atoms with van der Waals surface area (Å²) in [7, 11) is 4.31. The molecule has 1 aromatic rings. The van der Waals surface area contributed by atoms with Crippen LogP contribution in [-0.2, 0) is 0 Å². The number of hydrogen-bond donors (Lipinski definition) is 1. The molecule has 0 spiro atoms. The van der Waals surface area contributed by atoms with Crippen LogP contribution in [-0.4, -0.2) is 59.8 Å². The molecule has 1 aliphatic rings. The van der Waals surface area contributed by atoms with Crippen LogP contribution >= 0.6 is 0 Å². The van der Waals surface area contributed by atoms with E-state index in [1.807, 2.05) is 19.2 Å². The summed E-state index contributed by atoms with van der Waals surface area (Å²) in [6, 6.07) is 2.59. The molecule has 1 N–H and O–H groups in total. The van der Waals surface area contributed by atoms with Crippen molar-refractivity contribution in [2.24, 2.45) is 5.92 Å². The van der Waals surface area contributed by atoms with Gasteiger partial charge in [0.2, 0.25) is 0 Å². The van der Waals surface area contributed by atoms with Crippen LogP contribution in [0, 0.1) is 12.8 Å². The molecule has 2 atom stereocenters. The molecule has 5 nitrogen and oxygen atoms in total. The summed E-state index contributed by atoms with van der Waals surface area (Å²) in [6.07, 6.45) is 4.93. The minimum absolute atomic E-state index is 0.281. The molecule has 1 aromatic heterocycles. The maximum Gasteiger partial charge on any atom is 0.132 e. The summed E-state index contributed by atoms with van der Waals surface area (Å²) in [6.45, 7) is 4.26. The molecule has 1 saturated heterocycles. The van der Waals surface area contributed by atoms with E-state index < -0.39 is 0 Å². The SMILES string of the molecule is Cc1nccc(N2CC[C@@H](N(C)C)[C@@H](CCCO)C2)n1. The van der Waals surface area contributed by atoms with Crippen molar-refractivity contribution in [2.45, 2.75) is 32.2 Å². The van der Waals surface area contributed by atoms with Crippen LogP contribution in [0.5, 0.6) is 0 Å². The van der Waals surface area contributed by atoms with Crippen molar-refractivity contribution in [2.75, 3.05) is 38.7 Å². The van der Waals surface area contributed by atoms with Gasteiger partial charge in [-0.2, -0.15) is 0 Å². The summed E-state index contributed by atoms with van der Waals surface area (Å²) in [5.41, 5.74) is 0. The minimum atomic E-state index is 0.281. The number of aryl methyl sites for hydroxylation is 1. The molecule has 0 bridgehead atoms. The van der Waals surface area contributed by atoms with Crippen LogP contribution in [0.4, 0.5) is 5.82 Å². The minimum Gasteiger partial charge on any atom is -0.396 e. The van der Waals surface area contributed by atoms with E-state index in [4.69, 9.17) is 5.11 Å².